The Bertz CT molecular complexity index is 700. The molecular formula is C17H16BrNO4. The number of carbonyl (C=O) groups is 2. The van der Waals surface area contributed by atoms with Gasteiger partial charge >= 0.3 is 0 Å². The van der Waals surface area contributed by atoms with Crippen molar-refractivity contribution >= 4 is 33.8 Å². The highest BCUT2D eigenvalue weighted by molar-refractivity contribution is 9.10. The highest BCUT2D eigenvalue weighted by Crippen LogP contribution is 2.24. The van der Waals surface area contributed by atoms with E-state index in [1.54, 1.807) is 37.3 Å². The third-order valence-corrected chi connectivity index (χ3v) is 3.66. The molecule has 0 aliphatic rings. The maximum atomic E-state index is 12.2. The Balaban J connectivity index is 2.06. The topological polar surface area (TPSA) is 64.6 Å². The number of anilines is 1. The fraction of sp³-hybridized carbons (Fsp3) is 0.176. The van der Waals surface area contributed by atoms with Crippen molar-refractivity contribution in [3.05, 3.63) is 52.5 Å². The van der Waals surface area contributed by atoms with Gasteiger partial charge in [-0.15, -0.1) is 0 Å². The van der Waals surface area contributed by atoms with Gasteiger partial charge in [-0.2, -0.15) is 0 Å². The first-order valence-electron chi connectivity index (χ1n) is 6.90. The number of halogens is 1. The highest BCUT2D eigenvalue weighted by Gasteiger charge is 2.17. The number of nitrogens with one attached hydrogen (secondary N) is 1. The Morgan fingerprint density at radius 1 is 1.22 bits per heavy atom. The number of hydrogen-bond donors (Lipinski definition) is 1. The number of aldehydes is 1. The molecule has 1 N–H and O–H groups in total. The zero-order valence-corrected chi connectivity index (χ0v) is 14.3. The number of rotatable bonds is 6. The molecule has 0 spiro atoms. The van der Waals surface area contributed by atoms with Crippen LogP contribution >= 0.6 is 15.9 Å². The van der Waals surface area contributed by atoms with Crippen LogP contribution in [0.25, 0.3) is 0 Å². The first-order valence-corrected chi connectivity index (χ1v) is 7.69. The zero-order chi connectivity index (χ0) is 16.8. The third kappa shape index (κ3) is 4.56. The molecule has 2 aromatic carbocycles. The molecule has 0 saturated heterocycles. The summed E-state index contributed by atoms with van der Waals surface area (Å²) in [5.74, 6) is 0.575. The van der Waals surface area contributed by atoms with Crippen molar-refractivity contribution in [1.29, 1.82) is 0 Å². The van der Waals surface area contributed by atoms with Crippen LogP contribution in [0.5, 0.6) is 11.5 Å². The van der Waals surface area contributed by atoms with Crippen LogP contribution < -0.4 is 14.8 Å². The third-order valence-electron chi connectivity index (χ3n) is 3.13. The molecule has 0 fully saturated rings. The number of benzene rings is 2. The van der Waals surface area contributed by atoms with E-state index in [4.69, 9.17) is 9.47 Å². The van der Waals surface area contributed by atoms with Crippen LogP contribution in [0.2, 0.25) is 0 Å². The lowest BCUT2D eigenvalue weighted by Crippen LogP contribution is -2.30. The largest absolute Gasteiger partial charge is 0.497 e. The van der Waals surface area contributed by atoms with E-state index in [9.17, 15) is 9.59 Å². The predicted octanol–water partition coefficient (Wildman–Crippen LogP) is 3.68. The minimum Gasteiger partial charge on any atom is -0.497 e. The van der Waals surface area contributed by atoms with Crippen molar-refractivity contribution in [2.24, 2.45) is 0 Å². The lowest BCUT2D eigenvalue weighted by Gasteiger charge is -2.16. The van der Waals surface area contributed by atoms with Gasteiger partial charge in [0.1, 0.15) is 11.5 Å². The molecule has 0 heterocycles. The van der Waals surface area contributed by atoms with Crippen LogP contribution in [0, 0.1) is 0 Å². The van der Waals surface area contributed by atoms with Crippen LogP contribution in [-0.4, -0.2) is 25.4 Å². The van der Waals surface area contributed by atoms with Gasteiger partial charge in [-0.05, 0) is 49.4 Å². The summed E-state index contributed by atoms with van der Waals surface area (Å²) in [5, 5.41) is 2.75. The molecule has 0 aromatic heterocycles. The van der Waals surface area contributed by atoms with Crippen molar-refractivity contribution in [1.82, 2.24) is 0 Å². The first-order chi connectivity index (χ1) is 11.0. The van der Waals surface area contributed by atoms with Crippen LogP contribution in [0.15, 0.2) is 46.9 Å². The van der Waals surface area contributed by atoms with Crippen molar-refractivity contribution in [2.75, 3.05) is 12.4 Å². The molecule has 0 saturated carbocycles. The maximum Gasteiger partial charge on any atom is 0.265 e. The molecule has 6 heteroatoms. The second-order valence-electron chi connectivity index (χ2n) is 4.78. The van der Waals surface area contributed by atoms with E-state index in [0.29, 0.717) is 29.0 Å². The van der Waals surface area contributed by atoms with Gasteiger partial charge in [0.05, 0.1) is 12.7 Å². The quantitative estimate of drug-likeness (QED) is 0.779. The highest BCUT2D eigenvalue weighted by atomic mass is 79.9. The average molecular weight is 378 g/mol. The second-order valence-corrected chi connectivity index (χ2v) is 5.69. The maximum absolute atomic E-state index is 12.2. The lowest BCUT2D eigenvalue weighted by molar-refractivity contribution is -0.122. The average Bonchev–Trinajstić information content (AvgIpc) is 2.57. The number of ether oxygens (including phenoxy) is 2. The number of carbonyl (C=O) groups excluding carboxylic acids is 2. The summed E-state index contributed by atoms with van der Waals surface area (Å²) in [5.41, 5.74) is 0.992. The standard InChI is InChI=1S/C17H16BrNO4/c1-11(17(21)19-14-5-3-13(18)4-6-14)23-16-8-7-15(22-2)9-12(16)10-20/h3-11H,1-2H3,(H,19,21)/t11-/m0/s1. The molecule has 5 nitrogen and oxygen atoms in total. The summed E-state index contributed by atoms with van der Waals surface area (Å²) in [6, 6.07) is 12.0. The Labute approximate surface area is 142 Å². The molecule has 1 atom stereocenters. The van der Waals surface area contributed by atoms with Crippen LogP contribution in [0.4, 0.5) is 5.69 Å². The predicted molar refractivity (Wildman–Crippen MR) is 91.2 cm³/mol. The number of amides is 1. The lowest BCUT2D eigenvalue weighted by atomic mass is 10.2. The first kappa shape index (κ1) is 17.0. The summed E-state index contributed by atoms with van der Waals surface area (Å²) in [4.78, 5) is 23.3. The molecule has 23 heavy (non-hydrogen) atoms. The minimum atomic E-state index is -0.759. The van der Waals surface area contributed by atoms with Gasteiger partial charge in [0.25, 0.3) is 5.91 Å². The summed E-state index contributed by atoms with van der Waals surface area (Å²) < 4.78 is 11.6. The summed E-state index contributed by atoms with van der Waals surface area (Å²) in [7, 11) is 1.51. The zero-order valence-electron chi connectivity index (χ0n) is 12.7. The summed E-state index contributed by atoms with van der Waals surface area (Å²) in [6.45, 7) is 1.62. The van der Waals surface area contributed by atoms with Gasteiger partial charge in [-0.1, -0.05) is 15.9 Å². The summed E-state index contributed by atoms with van der Waals surface area (Å²) >= 11 is 3.33. The molecule has 0 bridgehead atoms. The number of methoxy groups -OCH3 is 1. The Kier molecular flexibility index (Phi) is 5.76. The molecule has 120 valence electrons. The van der Waals surface area contributed by atoms with Gasteiger partial charge in [-0.3, -0.25) is 9.59 Å². The van der Waals surface area contributed by atoms with E-state index in [1.807, 2.05) is 12.1 Å². The Morgan fingerprint density at radius 3 is 2.52 bits per heavy atom. The fourth-order valence-electron chi connectivity index (χ4n) is 1.87. The number of hydrogen-bond acceptors (Lipinski definition) is 4. The van der Waals surface area contributed by atoms with Crippen molar-refractivity contribution in [3.63, 3.8) is 0 Å². The van der Waals surface area contributed by atoms with E-state index in [-0.39, 0.29) is 5.91 Å². The van der Waals surface area contributed by atoms with E-state index in [1.165, 1.54) is 7.11 Å². The van der Waals surface area contributed by atoms with Crippen LogP contribution in [0.1, 0.15) is 17.3 Å². The van der Waals surface area contributed by atoms with Gasteiger partial charge in [0.2, 0.25) is 0 Å². The Hall–Kier alpha value is -2.34. The normalized spacial score (nSPS) is 11.4. The molecule has 2 aromatic rings. The van der Waals surface area contributed by atoms with Gasteiger partial charge in [0.15, 0.2) is 12.4 Å². The van der Waals surface area contributed by atoms with E-state index >= 15 is 0 Å². The van der Waals surface area contributed by atoms with Crippen LogP contribution in [-0.2, 0) is 4.79 Å². The van der Waals surface area contributed by atoms with Crippen molar-refractivity contribution in [3.8, 4) is 11.5 Å². The fourth-order valence-corrected chi connectivity index (χ4v) is 2.14. The molecule has 2 rings (SSSR count). The SMILES string of the molecule is COc1ccc(O[C@@H](C)C(=O)Nc2ccc(Br)cc2)c(C=O)c1. The molecule has 1 amide bonds. The van der Waals surface area contributed by atoms with Crippen molar-refractivity contribution < 1.29 is 19.1 Å². The van der Waals surface area contributed by atoms with E-state index < -0.39 is 6.10 Å². The Morgan fingerprint density at radius 2 is 1.91 bits per heavy atom. The monoisotopic (exact) mass is 377 g/mol. The molecule has 0 radical (unpaired) electrons. The van der Waals surface area contributed by atoms with Crippen molar-refractivity contribution in [2.45, 2.75) is 13.0 Å². The minimum absolute atomic E-state index is 0.306. The van der Waals surface area contributed by atoms with Gasteiger partial charge in [-0.25, -0.2) is 0 Å². The summed E-state index contributed by atoms with van der Waals surface area (Å²) in [6.07, 6.45) is -0.0947. The molecule has 0 unspecified atom stereocenters. The van der Waals surface area contributed by atoms with Gasteiger partial charge < -0.3 is 14.8 Å². The molecule has 0 aliphatic heterocycles. The van der Waals surface area contributed by atoms with Crippen LogP contribution in [0.3, 0.4) is 0 Å². The second kappa shape index (κ2) is 7.78. The smallest absolute Gasteiger partial charge is 0.265 e. The molecule has 0 aliphatic carbocycles. The van der Waals surface area contributed by atoms with E-state index in [2.05, 4.69) is 21.2 Å². The van der Waals surface area contributed by atoms with Gasteiger partial charge in [0, 0.05) is 10.2 Å². The molecular weight excluding hydrogens is 362 g/mol. The van der Waals surface area contributed by atoms with E-state index in [0.717, 1.165) is 4.47 Å².